The number of amides is 2. The zero-order valence-electron chi connectivity index (χ0n) is 21.3. The van der Waals surface area contributed by atoms with Gasteiger partial charge in [-0.25, -0.2) is 19.2 Å². The standard InChI is InChI=1S/C28H27BrN2O8S/c29-22-23(39-15-21(32)33)25(27(36)37)40-24(22)18-7-4-8-20(13-18)31(14-16-5-2-1-3-6-16)28(38)30-19-11-9-17(10-12-19)26(34)35/h4,7-13,16H,1-3,5-6,14-15H2,(H,30,38)(H,32,33)(H,34,35)(H,36,37). The van der Waals surface area contributed by atoms with E-state index >= 15 is 0 Å². The minimum absolute atomic E-state index is 0.0677. The lowest BCUT2D eigenvalue weighted by molar-refractivity contribution is -0.139. The summed E-state index contributed by atoms with van der Waals surface area (Å²) in [4.78, 5) is 49.6. The van der Waals surface area contributed by atoms with Crippen molar-refractivity contribution in [2.75, 3.05) is 23.4 Å². The van der Waals surface area contributed by atoms with Gasteiger partial charge < -0.3 is 25.4 Å². The fraction of sp³-hybridized carbons (Fsp3) is 0.286. The number of nitrogens with zero attached hydrogens (tertiary/aromatic N) is 1. The maximum atomic E-state index is 13.6. The number of hydrogen-bond donors (Lipinski definition) is 4. The molecular formula is C28H27BrN2O8S. The van der Waals surface area contributed by atoms with Crippen LogP contribution in [0.4, 0.5) is 16.2 Å². The first-order valence-electron chi connectivity index (χ1n) is 12.6. The molecule has 4 rings (SSSR count). The van der Waals surface area contributed by atoms with Crippen molar-refractivity contribution in [1.82, 2.24) is 0 Å². The van der Waals surface area contributed by atoms with Crippen LogP contribution in [0.1, 0.15) is 52.1 Å². The van der Waals surface area contributed by atoms with Crippen LogP contribution in [0.15, 0.2) is 53.0 Å². The number of urea groups is 1. The van der Waals surface area contributed by atoms with Crippen LogP contribution in [0, 0.1) is 5.92 Å². The van der Waals surface area contributed by atoms with Crippen LogP contribution >= 0.6 is 27.3 Å². The number of hydrogen-bond acceptors (Lipinski definition) is 6. The second kappa shape index (κ2) is 13.0. The summed E-state index contributed by atoms with van der Waals surface area (Å²) in [7, 11) is 0. The van der Waals surface area contributed by atoms with Gasteiger partial charge in [-0.3, -0.25) is 4.90 Å². The smallest absolute Gasteiger partial charge is 0.349 e. The summed E-state index contributed by atoms with van der Waals surface area (Å²) in [5.74, 6) is -3.31. The molecule has 0 atom stereocenters. The van der Waals surface area contributed by atoms with Gasteiger partial charge in [0.1, 0.15) is 0 Å². The highest BCUT2D eigenvalue weighted by atomic mass is 79.9. The predicted molar refractivity (Wildman–Crippen MR) is 154 cm³/mol. The molecule has 1 aromatic heterocycles. The first kappa shape index (κ1) is 29.1. The van der Waals surface area contributed by atoms with Crippen molar-refractivity contribution in [2.45, 2.75) is 32.1 Å². The number of rotatable bonds is 10. The topological polar surface area (TPSA) is 153 Å². The summed E-state index contributed by atoms with van der Waals surface area (Å²) < 4.78 is 5.59. The first-order valence-corrected chi connectivity index (χ1v) is 14.2. The van der Waals surface area contributed by atoms with Crippen LogP contribution in [-0.2, 0) is 4.79 Å². The number of carbonyl (C=O) groups is 4. The number of carboxylic acid groups (broad SMARTS) is 3. The second-order valence-corrected chi connectivity index (χ2v) is 11.2. The first-order chi connectivity index (χ1) is 19.1. The van der Waals surface area contributed by atoms with Crippen LogP contribution in [-0.4, -0.2) is 52.4 Å². The Labute approximate surface area is 242 Å². The molecular weight excluding hydrogens is 604 g/mol. The number of nitrogens with one attached hydrogen (secondary N) is 1. The third-order valence-electron chi connectivity index (χ3n) is 6.56. The molecule has 40 heavy (non-hydrogen) atoms. The lowest BCUT2D eigenvalue weighted by Crippen LogP contribution is -2.39. The number of carboxylic acids is 3. The Balaban J connectivity index is 1.67. The molecule has 0 aliphatic heterocycles. The Morgan fingerprint density at radius 1 is 0.975 bits per heavy atom. The van der Waals surface area contributed by atoms with E-state index in [0.29, 0.717) is 38.8 Å². The lowest BCUT2D eigenvalue weighted by atomic mass is 9.89. The Morgan fingerprint density at radius 2 is 1.68 bits per heavy atom. The van der Waals surface area contributed by atoms with Crippen molar-refractivity contribution in [3.63, 3.8) is 0 Å². The number of thiophene rings is 1. The van der Waals surface area contributed by atoms with E-state index in [4.69, 9.17) is 14.9 Å². The molecule has 0 radical (unpaired) electrons. The fourth-order valence-electron chi connectivity index (χ4n) is 4.62. The molecule has 2 amide bonds. The Kier molecular flexibility index (Phi) is 9.43. The third-order valence-corrected chi connectivity index (χ3v) is 8.78. The van der Waals surface area contributed by atoms with E-state index in [1.807, 2.05) is 0 Å². The largest absolute Gasteiger partial charge is 0.479 e. The molecule has 10 nitrogen and oxygen atoms in total. The molecule has 0 bridgehead atoms. The summed E-state index contributed by atoms with van der Waals surface area (Å²) >= 11 is 4.32. The molecule has 4 N–H and O–H groups in total. The molecule has 1 saturated carbocycles. The molecule has 1 aliphatic carbocycles. The number of ether oxygens (including phenoxy) is 1. The molecule has 0 saturated heterocycles. The summed E-state index contributed by atoms with van der Waals surface area (Å²) in [6.07, 6.45) is 5.35. The van der Waals surface area contributed by atoms with Crippen molar-refractivity contribution in [3.05, 3.63) is 63.4 Å². The van der Waals surface area contributed by atoms with Gasteiger partial charge in [0.05, 0.1) is 14.9 Å². The summed E-state index contributed by atoms with van der Waals surface area (Å²) in [6.45, 7) is -0.223. The van der Waals surface area contributed by atoms with Crippen molar-refractivity contribution < 1.29 is 39.2 Å². The molecule has 12 heteroatoms. The molecule has 3 aromatic rings. The van der Waals surface area contributed by atoms with Gasteiger partial charge >= 0.3 is 23.9 Å². The zero-order chi connectivity index (χ0) is 28.8. The van der Waals surface area contributed by atoms with E-state index in [2.05, 4.69) is 21.2 Å². The van der Waals surface area contributed by atoms with Crippen molar-refractivity contribution >= 4 is 62.6 Å². The van der Waals surface area contributed by atoms with Gasteiger partial charge in [-0.15, -0.1) is 11.3 Å². The summed E-state index contributed by atoms with van der Waals surface area (Å²) in [5.41, 5.74) is 1.77. The number of anilines is 2. The molecule has 1 aliphatic rings. The average Bonchev–Trinajstić information content (AvgIpc) is 3.27. The minimum Gasteiger partial charge on any atom is -0.479 e. The lowest BCUT2D eigenvalue weighted by Gasteiger charge is -2.30. The molecule has 210 valence electrons. The van der Waals surface area contributed by atoms with Crippen LogP contribution in [0.5, 0.6) is 5.75 Å². The van der Waals surface area contributed by atoms with Crippen LogP contribution in [0.2, 0.25) is 0 Å². The minimum atomic E-state index is -1.25. The average molecular weight is 632 g/mol. The second-order valence-electron chi connectivity index (χ2n) is 9.37. The van der Waals surface area contributed by atoms with Gasteiger partial charge in [0.15, 0.2) is 17.2 Å². The zero-order valence-corrected chi connectivity index (χ0v) is 23.7. The van der Waals surface area contributed by atoms with Gasteiger partial charge in [-0.1, -0.05) is 31.4 Å². The number of halogens is 1. The highest BCUT2D eigenvalue weighted by Gasteiger charge is 2.26. The Hall–Kier alpha value is -3.90. The van der Waals surface area contributed by atoms with Gasteiger partial charge in [-0.2, -0.15) is 0 Å². The van der Waals surface area contributed by atoms with Crippen LogP contribution < -0.4 is 15.0 Å². The van der Waals surface area contributed by atoms with E-state index < -0.39 is 24.5 Å². The van der Waals surface area contributed by atoms with Crippen molar-refractivity contribution in [2.24, 2.45) is 5.92 Å². The molecule has 0 spiro atoms. The van der Waals surface area contributed by atoms with Crippen LogP contribution in [0.3, 0.4) is 0 Å². The molecule has 1 fully saturated rings. The normalized spacial score (nSPS) is 13.4. The summed E-state index contributed by atoms with van der Waals surface area (Å²) in [5, 5.41) is 30.7. The van der Waals surface area contributed by atoms with Gasteiger partial charge in [0.25, 0.3) is 0 Å². The molecule has 0 unspecified atom stereocenters. The monoisotopic (exact) mass is 630 g/mol. The van der Waals surface area contributed by atoms with E-state index in [-0.39, 0.29) is 22.2 Å². The van der Waals surface area contributed by atoms with E-state index in [0.717, 1.165) is 37.0 Å². The molecule has 1 heterocycles. The van der Waals surface area contributed by atoms with Gasteiger partial charge in [-0.05, 0) is 76.7 Å². The third kappa shape index (κ3) is 6.99. The SMILES string of the molecule is O=C(O)COc1c(C(=O)O)sc(-c2cccc(N(CC3CCCCC3)C(=O)Nc3ccc(C(=O)O)cc3)c2)c1Br. The van der Waals surface area contributed by atoms with Crippen molar-refractivity contribution in [1.29, 1.82) is 0 Å². The maximum Gasteiger partial charge on any atom is 0.349 e. The number of aliphatic carboxylic acids is 1. The number of aromatic carboxylic acids is 2. The Morgan fingerprint density at radius 3 is 2.30 bits per heavy atom. The quantitative estimate of drug-likeness (QED) is 0.194. The highest BCUT2D eigenvalue weighted by molar-refractivity contribution is 9.10. The van der Waals surface area contributed by atoms with E-state index in [9.17, 15) is 24.3 Å². The van der Waals surface area contributed by atoms with Crippen LogP contribution in [0.25, 0.3) is 10.4 Å². The Bertz CT molecular complexity index is 1420. The van der Waals surface area contributed by atoms with Gasteiger partial charge in [0.2, 0.25) is 0 Å². The summed E-state index contributed by atoms with van der Waals surface area (Å²) in [6, 6.07) is 12.6. The van der Waals surface area contributed by atoms with Gasteiger partial charge in [0, 0.05) is 17.9 Å². The van der Waals surface area contributed by atoms with E-state index in [1.54, 1.807) is 29.2 Å². The highest BCUT2D eigenvalue weighted by Crippen LogP contribution is 2.46. The maximum absolute atomic E-state index is 13.6. The van der Waals surface area contributed by atoms with Crippen molar-refractivity contribution in [3.8, 4) is 16.2 Å². The number of carbonyl (C=O) groups excluding carboxylic acids is 1. The number of benzene rings is 2. The fourth-order valence-corrected chi connectivity index (χ4v) is 6.51. The predicted octanol–water partition coefficient (Wildman–Crippen LogP) is 6.66. The molecule has 2 aromatic carbocycles. The van der Waals surface area contributed by atoms with E-state index in [1.165, 1.54) is 30.7 Å².